The third-order valence-corrected chi connectivity index (χ3v) is 4.55. The highest BCUT2D eigenvalue weighted by molar-refractivity contribution is 7.98. The summed E-state index contributed by atoms with van der Waals surface area (Å²) in [6.45, 7) is 1.74. The third kappa shape index (κ3) is 3.58. The largest absolute Gasteiger partial charge is 0.411 e. The van der Waals surface area contributed by atoms with Crippen molar-refractivity contribution in [2.24, 2.45) is 0 Å². The molecule has 0 unspecified atom stereocenters. The van der Waals surface area contributed by atoms with Crippen LogP contribution in [-0.2, 0) is 5.75 Å². The van der Waals surface area contributed by atoms with Gasteiger partial charge in [-0.05, 0) is 30.7 Å². The lowest BCUT2D eigenvalue weighted by Crippen LogP contribution is -1.95. The van der Waals surface area contributed by atoms with Crippen LogP contribution in [0.15, 0.2) is 52.1 Å². The van der Waals surface area contributed by atoms with E-state index in [2.05, 4.69) is 10.2 Å². The van der Waals surface area contributed by atoms with Crippen LogP contribution < -0.4 is 0 Å². The summed E-state index contributed by atoms with van der Waals surface area (Å²) in [4.78, 5) is 10.6. The minimum absolute atomic E-state index is 0.109. The van der Waals surface area contributed by atoms with Gasteiger partial charge in [0.05, 0.1) is 4.92 Å². The molecule has 8 heteroatoms. The molecule has 3 rings (SSSR count). The number of rotatable bonds is 5. The molecule has 1 aromatic heterocycles. The van der Waals surface area contributed by atoms with E-state index in [0.29, 0.717) is 27.5 Å². The van der Waals surface area contributed by atoms with Gasteiger partial charge < -0.3 is 4.42 Å². The van der Waals surface area contributed by atoms with Gasteiger partial charge in [0.2, 0.25) is 5.89 Å². The highest BCUT2D eigenvalue weighted by Gasteiger charge is 2.15. The standard InChI is InChI=1S/C16H12ClN3O3S/c1-10-12(5-3-7-14(10)20(21)22)9-24-16-19-18-15(23-16)11-4-2-6-13(17)8-11/h2-8H,9H2,1H3. The summed E-state index contributed by atoms with van der Waals surface area (Å²) in [5.41, 5.74) is 2.35. The third-order valence-electron chi connectivity index (χ3n) is 3.44. The highest BCUT2D eigenvalue weighted by atomic mass is 35.5. The summed E-state index contributed by atoms with van der Waals surface area (Å²) >= 11 is 7.28. The van der Waals surface area contributed by atoms with E-state index in [0.717, 1.165) is 11.1 Å². The summed E-state index contributed by atoms with van der Waals surface area (Å²) in [6, 6.07) is 12.2. The second kappa shape index (κ2) is 7.02. The number of halogens is 1. The van der Waals surface area contributed by atoms with Crippen molar-refractivity contribution in [1.82, 2.24) is 10.2 Å². The zero-order valence-electron chi connectivity index (χ0n) is 12.6. The van der Waals surface area contributed by atoms with Crippen molar-refractivity contribution in [3.05, 3.63) is 68.7 Å². The molecule has 6 nitrogen and oxygen atoms in total. The Balaban J connectivity index is 1.75. The number of nitro benzene ring substituents is 1. The average molecular weight is 362 g/mol. The van der Waals surface area contributed by atoms with E-state index >= 15 is 0 Å². The van der Waals surface area contributed by atoms with E-state index < -0.39 is 0 Å². The van der Waals surface area contributed by atoms with Gasteiger partial charge in [0, 0.05) is 28.0 Å². The summed E-state index contributed by atoms with van der Waals surface area (Å²) in [7, 11) is 0. The normalized spacial score (nSPS) is 10.8. The highest BCUT2D eigenvalue weighted by Crippen LogP contribution is 2.29. The second-order valence-corrected chi connectivity index (χ2v) is 6.35. The Labute approximate surface area is 147 Å². The van der Waals surface area contributed by atoms with Crippen molar-refractivity contribution in [2.45, 2.75) is 17.9 Å². The predicted octanol–water partition coefficient (Wildman–Crippen LogP) is 4.90. The molecule has 0 fully saturated rings. The molecule has 0 atom stereocenters. The minimum atomic E-state index is -0.382. The van der Waals surface area contributed by atoms with Crippen LogP contribution in [0.3, 0.4) is 0 Å². The first kappa shape index (κ1) is 16.5. The van der Waals surface area contributed by atoms with Crippen LogP contribution in [0.4, 0.5) is 5.69 Å². The van der Waals surface area contributed by atoms with E-state index in [1.54, 1.807) is 31.2 Å². The fourth-order valence-electron chi connectivity index (χ4n) is 2.17. The molecule has 0 aliphatic rings. The van der Waals surface area contributed by atoms with Gasteiger partial charge in [-0.2, -0.15) is 0 Å². The summed E-state index contributed by atoms with van der Waals surface area (Å²) < 4.78 is 5.61. The number of hydrogen-bond donors (Lipinski definition) is 0. The van der Waals surface area contributed by atoms with Crippen molar-refractivity contribution >= 4 is 29.1 Å². The van der Waals surface area contributed by atoms with Gasteiger partial charge in [-0.25, -0.2) is 0 Å². The Morgan fingerprint density at radius 3 is 2.79 bits per heavy atom. The maximum atomic E-state index is 11.0. The summed E-state index contributed by atoms with van der Waals surface area (Å²) in [5, 5.41) is 20.0. The number of hydrogen-bond acceptors (Lipinski definition) is 6. The Morgan fingerprint density at radius 1 is 1.25 bits per heavy atom. The van der Waals surface area contributed by atoms with E-state index in [1.165, 1.54) is 17.8 Å². The van der Waals surface area contributed by atoms with Gasteiger partial charge in [-0.3, -0.25) is 10.1 Å². The first-order chi connectivity index (χ1) is 11.5. The van der Waals surface area contributed by atoms with Gasteiger partial charge in [-0.1, -0.05) is 41.6 Å². The second-order valence-electron chi connectivity index (χ2n) is 4.99. The smallest absolute Gasteiger partial charge is 0.277 e. The summed E-state index contributed by atoms with van der Waals surface area (Å²) in [5.74, 6) is 0.890. The molecule has 0 spiro atoms. The van der Waals surface area contributed by atoms with Crippen LogP contribution in [-0.4, -0.2) is 15.1 Å². The molecule has 0 saturated carbocycles. The predicted molar refractivity (Wildman–Crippen MR) is 92.1 cm³/mol. The van der Waals surface area contributed by atoms with E-state index in [1.807, 2.05) is 12.1 Å². The Bertz CT molecular complexity index is 898. The van der Waals surface area contributed by atoms with Gasteiger partial charge in [0.15, 0.2) is 0 Å². The van der Waals surface area contributed by atoms with Crippen molar-refractivity contribution in [3.63, 3.8) is 0 Å². The number of thioether (sulfide) groups is 1. The monoisotopic (exact) mass is 361 g/mol. The first-order valence-electron chi connectivity index (χ1n) is 6.99. The van der Waals surface area contributed by atoms with Crippen molar-refractivity contribution in [3.8, 4) is 11.5 Å². The zero-order valence-corrected chi connectivity index (χ0v) is 14.2. The van der Waals surface area contributed by atoms with Crippen LogP contribution in [0.1, 0.15) is 11.1 Å². The number of aromatic nitrogens is 2. The summed E-state index contributed by atoms with van der Waals surface area (Å²) in [6.07, 6.45) is 0. The van der Waals surface area contributed by atoms with Crippen molar-refractivity contribution < 1.29 is 9.34 Å². The van der Waals surface area contributed by atoms with Crippen LogP contribution >= 0.6 is 23.4 Å². The number of benzene rings is 2. The lowest BCUT2D eigenvalue weighted by atomic mass is 10.1. The number of nitro groups is 1. The zero-order chi connectivity index (χ0) is 17.1. The van der Waals surface area contributed by atoms with Crippen LogP contribution in [0.2, 0.25) is 5.02 Å². The lowest BCUT2D eigenvalue weighted by Gasteiger charge is -2.04. The van der Waals surface area contributed by atoms with Crippen LogP contribution in [0.5, 0.6) is 0 Å². The molecule has 24 heavy (non-hydrogen) atoms. The number of nitrogens with zero attached hydrogens (tertiary/aromatic N) is 3. The molecule has 0 aliphatic carbocycles. The maximum absolute atomic E-state index is 11.0. The average Bonchev–Trinajstić information content (AvgIpc) is 3.02. The SMILES string of the molecule is Cc1c(CSc2nnc(-c3cccc(Cl)c3)o2)cccc1[N+](=O)[O-]. The molecule has 0 saturated heterocycles. The fraction of sp³-hybridized carbons (Fsp3) is 0.125. The molecular weight excluding hydrogens is 350 g/mol. The van der Waals surface area contributed by atoms with Gasteiger partial charge in [-0.15, -0.1) is 10.2 Å². The molecule has 0 N–H and O–H groups in total. The van der Waals surface area contributed by atoms with Gasteiger partial charge >= 0.3 is 0 Å². The maximum Gasteiger partial charge on any atom is 0.277 e. The quantitative estimate of drug-likeness (QED) is 0.365. The first-order valence-corrected chi connectivity index (χ1v) is 8.36. The lowest BCUT2D eigenvalue weighted by molar-refractivity contribution is -0.385. The van der Waals surface area contributed by atoms with E-state index in [9.17, 15) is 10.1 Å². The molecule has 0 bridgehead atoms. The molecule has 2 aromatic carbocycles. The molecule has 1 heterocycles. The molecule has 0 radical (unpaired) electrons. The molecule has 0 aliphatic heterocycles. The van der Waals surface area contributed by atoms with E-state index in [4.69, 9.17) is 16.0 Å². The Kier molecular flexibility index (Phi) is 4.82. The topological polar surface area (TPSA) is 82.1 Å². The Hall–Kier alpha value is -2.38. The van der Waals surface area contributed by atoms with Gasteiger partial charge in [0.25, 0.3) is 10.9 Å². The van der Waals surface area contributed by atoms with Gasteiger partial charge in [0.1, 0.15) is 0 Å². The Morgan fingerprint density at radius 2 is 2.04 bits per heavy atom. The molecule has 122 valence electrons. The fourth-order valence-corrected chi connectivity index (χ4v) is 3.19. The van der Waals surface area contributed by atoms with Crippen LogP contribution in [0, 0.1) is 17.0 Å². The van der Waals surface area contributed by atoms with Crippen LogP contribution in [0.25, 0.3) is 11.5 Å². The molecule has 0 amide bonds. The van der Waals surface area contributed by atoms with Crippen molar-refractivity contribution in [2.75, 3.05) is 0 Å². The van der Waals surface area contributed by atoms with Crippen molar-refractivity contribution in [1.29, 1.82) is 0 Å². The minimum Gasteiger partial charge on any atom is -0.411 e. The molecular formula is C16H12ClN3O3S. The molecule has 3 aromatic rings. The van der Waals surface area contributed by atoms with E-state index in [-0.39, 0.29) is 10.6 Å².